The predicted octanol–water partition coefficient (Wildman–Crippen LogP) is 2.60. The summed E-state index contributed by atoms with van der Waals surface area (Å²) >= 11 is 0. The average Bonchev–Trinajstić information content (AvgIpc) is 2.21. The highest BCUT2D eigenvalue weighted by Crippen LogP contribution is 2.12. The fourth-order valence-corrected chi connectivity index (χ4v) is 1.53. The van der Waals surface area contributed by atoms with Crippen LogP contribution in [0.3, 0.4) is 0 Å². The molecule has 2 N–H and O–H groups in total. The van der Waals surface area contributed by atoms with Gasteiger partial charge < -0.3 is 15.2 Å². The minimum atomic E-state index is -0.925. The van der Waals surface area contributed by atoms with Crippen LogP contribution in [0.1, 0.15) is 41.0 Å². The SMILES string of the molecule is CC(C)C[C@H](NC(=O)OC(C)(C)C)[C@@H](O)CN=[N+]=[N-]. The van der Waals surface area contributed by atoms with E-state index in [1.54, 1.807) is 20.8 Å². The van der Waals surface area contributed by atoms with Gasteiger partial charge in [0.2, 0.25) is 0 Å². The molecule has 0 aliphatic heterocycles. The molecule has 0 spiro atoms. The van der Waals surface area contributed by atoms with E-state index in [9.17, 15) is 9.90 Å². The van der Waals surface area contributed by atoms with E-state index in [1.165, 1.54) is 0 Å². The summed E-state index contributed by atoms with van der Waals surface area (Å²) in [6.07, 6.45) is -0.939. The smallest absolute Gasteiger partial charge is 0.407 e. The Kier molecular flexibility index (Phi) is 7.26. The Morgan fingerprint density at radius 3 is 2.47 bits per heavy atom. The molecule has 0 saturated carbocycles. The zero-order valence-electron chi connectivity index (χ0n) is 12.3. The lowest BCUT2D eigenvalue weighted by atomic mass is 9.99. The first kappa shape index (κ1) is 17.5. The number of nitrogens with one attached hydrogen (secondary N) is 1. The van der Waals surface area contributed by atoms with Crippen molar-refractivity contribution in [2.75, 3.05) is 6.54 Å². The summed E-state index contributed by atoms with van der Waals surface area (Å²) in [7, 11) is 0. The van der Waals surface area contributed by atoms with E-state index in [0.29, 0.717) is 6.42 Å². The standard InChI is InChI=1S/C12H24N4O3/c1-8(2)6-9(10(17)7-14-16-13)15-11(18)19-12(3,4)5/h8-10,17H,6-7H2,1-5H3,(H,15,18)/t9-,10-/m0/s1. The van der Waals surface area contributed by atoms with Crippen molar-refractivity contribution in [1.82, 2.24) is 5.32 Å². The van der Waals surface area contributed by atoms with Crippen LogP contribution < -0.4 is 5.32 Å². The van der Waals surface area contributed by atoms with Gasteiger partial charge in [-0.15, -0.1) is 0 Å². The van der Waals surface area contributed by atoms with Crippen molar-refractivity contribution < 1.29 is 14.6 Å². The van der Waals surface area contributed by atoms with Crippen LogP contribution in [-0.2, 0) is 4.74 Å². The molecule has 19 heavy (non-hydrogen) atoms. The molecule has 0 saturated heterocycles. The van der Waals surface area contributed by atoms with Gasteiger partial charge in [-0.1, -0.05) is 19.0 Å². The first-order chi connectivity index (χ1) is 8.65. The van der Waals surface area contributed by atoms with Gasteiger partial charge in [0.15, 0.2) is 0 Å². The topological polar surface area (TPSA) is 107 Å². The molecule has 0 aromatic carbocycles. The second kappa shape index (κ2) is 7.86. The van der Waals surface area contributed by atoms with E-state index in [1.807, 2.05) is 13.8 Å². The van der Waals surface area contributed by atoms with Gasteiger partial charge in [-0.05, 0) is 38.6 Å². The molecule has 0 aromatic heterocycles. The van der Waals surface area contributed by atoms with Gasteiger partial charge in [-0.2, -0.15) is 0 Å². The summed E-state index contributed by atoms with van der Waals surface area (Å²) in [6.45, 7) is 9.17. The van der Waals surface area contributed by atoms with E-state index in [-0.39, 0.29) is 12.5 Å². The van der Waals surface area contributed by atoms with Crippen LogP contribution in [0, 0.1) is 5.92 Å². The lowest BCUT2D eigenvalue weighted by molar-refractivity contribution is 0.0413. The van der Waals surface area contributed by atoms with Gasteiger partial charge in [0.1, 0.15) is 5.60 Å². The van der Waals surface area contributed by atoms with E-state index < -0.39 is 23.8 Å². The van der Waals surface area contributed by atoms with E-state index in [0.717, 1.165) is 0 Å². The third-order valence-corrected chi connectivity index (χ3v) is 2.22. The zero-order chi connectivity index (χ0) is 15.1. The van der Waals surface area contributed by atoms with Crippen molar-refractivity contribution in [2.24, 2.45) is 11.0 Å². The molecular weight excluding hydrogens is 248 g/mol. The van der Waals surface area contributed by atoms with Gasteiger partial charge in [0, 0.05) is 4.91 Å². The van der Waals surface area contributed by atoms with Crippen molar-refractivity contribution in [3.05, 3.63) is 10.4 Å². The number of carbonyl (C=O) groups excluding carboxylic acids is 1. The van der Waals surface area contributed by atoms with Crippen molar-refractivity contribution >= 4 is 6.09 Å². The summed E-state index contributed by atoms with van der Waals surface area (Å²) in [5, 5.41) is 15.8. The van der Waals surface area contributed by atoms with Crippen LogP contribution in [-0.4, -0.2) is 35.5 Å². The van der Waals surface area contributed by atoms with Crippen molar-refractivity contribution in [3.63, 3.8) is 0 Å². The lowest BCUT2D eigenvalue weighted by Crippen LogP contribution is -2.47. The Balaban J connectivity index is 4.58. The normalized spacial score (nSPS) is 14.5. The van der Waals surface area contributed by atoms with E-state index in [2.05, 4.69) is 15.3 Å². The maximum absolute atomic E-state index is 11.7. The van der Waals surface area contributed by atoms with Crippen LogP contribution >= 0.6 is 0 Å². The number of aliphatic hydroxyl groups is 1. The number of rotatable bonds is 6. The number of amides is 1. The summed E-state index contributed by atoms with van der Waals surface area (Å²) in [4.78, 5) is 14.3. The van der Waals surface area contributed by atoms with Gasteiger partial charge in [0.05, 0.1) is 18.7 Å². The van der Waals surface area contributed by atoms with Crippen LogP contribution in [0.2, 0.25) is 0 Å². The predicted molar refractivity (Wildman–Crippen MR) is 72.6 cm³/mol. The molecule has 0 radical (unpaired) electrons. The zero-order valence-corrected chi connectivity index (χ0v) is 12.3. The quantitative estimate of drug-likeness (QED) is 0.440. The number of alkyl carbamates (subject to hydrolysis) is 1. The van der Waals surface area contributed by atoms with Crippen molar-refractivity contribution in [1.29, 1.82) is 0 Å². The second-order valence-electron chi connectivity index (χ2n) is 5.86. The number of hydrogen-bond donors (Lipinski definition) is 2. The number of aliphatic hydroxyl groups excluding tert-OH is 1. The molecule has 7 heteroatoms. The van der Waals surface area contributed by atoms with E-state index in [4.69, 9.17) is 10.3 Å². The van der Waals surface area contributed by atoms with Gasteiger partial charge >= 0.3 is 6.09 Å². The van der Waals surface area contributed by atoms with Crippen LogP contribution in [0.15, 0.2) is 5.11 Å². The van der Waals surface area contributed by atoms with Gasteiger partial charge in [0.25, 0.3) is 0 Å². The monoisotopic (exact) mass is 272 g/mol. The highest BCUT2D eigenvalue weighted by atomic mass is 16.6. The molecular formula is C12H24N4O3. The third kappa shape index (κ3) is 9.16. The van der Waals surface area contributed by atoms with Gasteiger partial charge in [-0.3, -0.25) is 0 Å². The van der Waals surface area contributed by atoms with Gasteiger partial charge in [-0.25, -0.2) is 4.79 Å². The summed E-state index contributed by atoms with van der Waals surface area (Å²) < 4.78 is 5.14. The molecule has 0 heterocycles. The van der Waals surface area contributed by atoms with Crippen LogP contribution in [0.5, 0.6) is 0 Å². The number of carbonyl (C=O) groups is 1. The average molecular weight is 272 g/mol. The third-order valence-electron chi connectivity index (χ3n) is 2.22. The molecule has 0 aromatic rings. The molecule has 0 bridgehead atoms. The number of ether oxygens (including phenoxy) is 1. The molecule has 1 amide bonds. The Hall–Kier alpha value is -1.46. The number of hydrogen-bond acceptors (Lipinski definition) is 4. The fraction of sp³-hybridized carbons (Fsp3) is 0.917. The minimum absolute atomic E-state index is 0.0797. The largest absolute Gasteiger partial charge is 0.444 e. The Bertz CT molecular complexity index is 332. The molecule has 0 rings (SSSR count). The maximum Gasteiger partial charge on any atom is 0.407 e. The minimum Gasteiger partial charge on any atom is -0.444 e. The molecule has 2 atom stereocenters. The first-order valence-corrected chi connectivity index (χ1v) is 6.34. The second-order valence-corrected chi connectivity index (χ2v) is 5.86. The van der Waals surface area contributed by atoms with Crippen molar-refractivity contribution in [3.8, 4) is 0 Å². The Labute approximate surface area is 114 Å². The summed E-state index contributed by atoms with van der Waals surface area (Å²) in [5.74, 6) is 0.278. The fourth-order valence-electron chi connectivity index (χ4n) is 1.53. The molecule has 0 unspecified atom stereocenters. The van der Waals surface area contributed by atoms with Crippen LogP contribution in [0.25, 0.3) is 10.4 Å². The van der Waals surface area contributed by atoms with Crippen LogP contribution in [0.4, 0.5) is 4.79 Å². The lowest BCUT2D eigenvalue weighted by Gasteiger charge is -2.27. The van der Waals surface area contributed by atoms with E-state index >= 15 is 0 Å². The summed E-state index contributed by atoms with van der Waals surface area (Å²) in [5.41, 5.74) is 7.65. The Morgan fingerprint density at radius 2 is 2.05 bits per heavy atom. The highest BCUT2D eigenvalue weighted by molar-refractivity contribution is 5.68. The summed E-state index contributed by atoms with van der Waals surface area (Å²) in [6, 6.07) is -0.500. The number of nitrogens with zero attached hydrogens (tertiary/aromatic N) is 3. The number of azide groups is 1. The molecule has 0 aliphatic rings. The highest BCUT2D eigenvalue weighted by Gasteiger charge is 2.24. The Morgan fingerprint density at radius 1 is 1.47 bits per heavy atom. The molecule has 7 nitrogen and oxygen atoms in total. The van der Waals surface area contributed by atoms with Crippen molar-refractivity contribution in [2.45, 2.75) is 58.8 Å². The molecule has 0 aliphatic carbocycles. The first-order valence-electron chi connectivity index (χ1n) is 6.34. The molecule has 0 fully saturated rings. The molecule has 110 valence electrons. The maximum atomic E-state index is 11.7.